The van der Waals surface area contributed by atoms with E-state index in [1.807, 2.05) is 55.5 Å². The van der Waals surface area contributed by atoms with Crippen molar-refractivity contribution in [1.29, 1.82) is 0 Å². The van der Waals surface area contributed by atoms with Crippen LogP contribution >= 0.6 is 15.9 Å². The van der Waals surface area contributed by atoms with E-state index >= 15 is 0 Å². The molecule has 0 aliphatic carbocycles. The second-order valence-electron chi connectivity index (χ2n) is 6.28. The molecule has 6 heteroatoms. The molecule has 0 spiro atoms. The fourth-order valence-corrected chi connectivity index (χ4v) is 3.03. The summed E-state index contributed by atoms with van der Waals surface area (Å²) >= 11 is 3.54. The summed E-state index contributed by atoms with van der Waals surface area (Å²) in [6, 6.07) is 17.7. The van der Waals surface area contributed by atoms with E-state index in [0.29, 0.717) is 31.8 Å². The number of aryl methyl sites for hydroxylation is 1. The smallest absolute Gasteiger partial charge is 0.225 e. The topological polar surface area (TPSA) is 56.1 Å². The molecule has 1 N–H and O–H groups in total. The molecule has 3 aromatic rings. The SMILES string of the molecule is Cc1ccc(OCCCC(=O)Nc2ccnn2Cc2ccccc2Br)cc1. The fraction of sp³-hybridized carbons (Fsp3) is 0.238. The van der Waals surface area contributed by atoms with Crippen molar-refractivity contribution in [2.75, 3.05) is 11.9 Å². The minimum Gasteiger partial charge on any atom is -0.494 e. The zero-order valence-corrected chi connectivity index (χ0v) is 16.8. The zero-order chi connectivity index (χ0) is 19.1. The van der Waals surface area contributed by atoms with Crippen molar-refractivity contribution in [3.05, 3.63) is 76.4 Å². The zero-order valence-electron chi connectivity index (χ0n) is 15.2. The predicted molar refractivity (Wildman–Crippen MR) is 110 cm³/mol. The number of anilines is 1. The van der Waals surface area contributed by atoms with Crippen molar-refractivity contribution in [3.8, 4) is 5.75 Å². The quantitative estimate of drug-likeness (QED) is 0.525. The van der Waals surface area contributed by atoms with Gasteiger partial charge in [-0.15, -0.1) is 0 Å². The molecule has 1 aromatic heterocycles. The molecule has 1 heterocycles. The molecule has 3 rings (SSSR count). The van der Waals surface area contributed by atoms with Crippen LogP contribution in [0.2, 0.25) is 0 Å². The Hall–Kier alpha value is -2.60. The molecule has 0 saturated carbocycles. The van der Waals surface area contributed by atoms with E-state index < -0.39 is 0 Å². The first-order valence-electron chi connectivity index (χ1n) is 8.86. The van der Waals surface area contributed by atoms with Gasteiger partial charge in [-0.1, -0.05) is 51.8 Å². The lowest BCUT2D eigenvalue weighted by Crippen LogP contribution is -2.16. The Bertz CT molecular complexity index is 890. The number of carbonyl (C=O) groups excluding carboxylic acids is 1. The summed E-state index contributed by atoms with van der Waals surface area (Å²) in [5, 5.41) is 7.23. The Balaban J connectivity index is 1.46. The minimum atomic E-state index is -0.0450. The van der Waals surface area contributed by atoms with Gasteiger partial charge in [-0.3, -0.25) is 4.79 Å². The van der Waals surface area contributed by atoms with Crippen LogP contribution in [0.1, 0.15) is 24.0 Å². The van der Waals surface area contributed by atoms with Gasteiger partial charge in [0.2, 0.25) is 5.91 Å². The summed E-state index contributed by atoms with van der Waals surface area (Å²) < 4.78 is 8.46. The molecule has 0 bridgehead atoms. The van der Waals surface area contributed by atoms with E-state index in [1.54, 1.807) is 16.9 Å². The fourth-order valence-electron chi connectivity index (χ4n) is 2.62. The van der Waals surface area contributed by atoms with Crippen molar-refractivity contribution >= 4 is 27.7 Å². The Morgan fingerprint density at radius 3 is 2.70 bits per heavy atom. The summed E-state index contributed by atoms with van der Waals surface area (Å²) in [5.74, 6) is 1.47. The van der Waals surface area contributed by atoms with Gasteiger partial charge in [0.25, 0.3) is 0 Å². The van der Waals surface area contributed by atoms with Gasteiger partial charge in [-0.05, 0) is 37.1 Å². The number of nitrogens with zero attached hydrogens (tertiary/aromatic N) is 2. The number of halogens is 1. The molecule has 140 valence electrons. The number of rotatable bonds is 8. The number of carbonyl (C=O) groups is 1. The van der Waals surface area contributed by atoms with Crippen LogP contribution < -0.4 is 10.1 Å². The van der Waals surface area contributed by atoms with E-state index in [0.717, 1.165) is 15.8 Å². The molecule has 0 unspecified atom stereocenters. The minimum absolute atomic E-state index is 0.0450. The Morgan fingerprint density at radius 1 is 1.15 bits per heavy atom. The summed E-state index contributed by atoms with van der Waals surface area (Å²) in [5.41, 5.74) is 2.30. The van der Waals surface area contributed by atoms with Crippen LogP contribution in [0.25, 0.3) is 0 Å². The average Bonchev–Trinajstić information content (AvgIpc) is 3.09. The molecule has 1 amide bonds. The third-order valence-electron chi connectivity index (χ3n) is 4.10. The molecule has 0 saturated heterocycles. The van der Waals surface area contributed by atoms with E-state index in [4.69, 9.17) is 4.74 Å². The van der Waals surface area contributed by atoms with Crippen molar-refractivity contribution < 1.29 is 9.53 Å². The third kappa shape index (κ3) is 5.69. The third-order valence-corrected chi connectivity index (χ3v) is 4.87. The average molecular weight is 428 g/mol. The van der Waals surface area contributed by atoms with Crippen LogP contribution in [-0.4, -0.2) is 22.3 Å². The molecule has 0 aliphatic rings. The van der Waals surface area contributed by atoms with E-state index in [-0.39, 0.29) is 5.91 Å². The van der Waals surface area contributed by atoms with Gasteiger partial charge in [0, 0.05) is 17.0 Å². The Kier molecular flexibility index (Phi) is 6.65. The van der Waals surface area contributed by atoms with Crippen molar-refractivity contribution in [1.82, 2.24) is 9.78 Å². The number of amides is 1. The van der Waals surface area contributed by atoms with Gasteiger partial charge >= 0.3 is 0 Å². The van der Waals surface area contributed by atoms with Gasteiger partial charge < -0.3 is 10.1 Å². The Morgan fingerprint density at radius 2 is 1.93 bits per heavy atom. The lowest BCUT2D eigenvalue weighted by Gasteiger charge is -2.10. The van der Waals surface area contributed by atoms with Crippen LogP contribution in [0.5, 0.6) is 5.75 Å². The molecule has 2 aromatic carbocycles. The van der Waals surface area contributed by atoms with Gasteiger partial charge in [-0.25, -0.2) is 4.68 Å². The normalized spacial score (nSPS) is 10.6. The number of ether oxygens (including phenoxy) is 1. The lowest BCUT2D eigenvalue weighted by molar-refractivity contribution is -0.116. The van der Waals surface area contributed by atoms with Crippen LogP contribution in [0, 0.1) is 6.92 Å². The second kappa shape index (κ2) is 9.37. The Labute approximate surface area is 167 Å². The maximum atomic E-state index is 12.2. The molecular formula is C21H22BrN3O2. The maximum absolute atomic E-state index is 12.2. The number of hydrogen-bond acceptors (Lipinski definition) is 3. The van der Waals surface area contributed by atoms with Crippen LogP contribution in [0.4, 0.5) is 5.82 Å². The van der Waals surface area contributed by atoms with Crippen LogP contribution in [0.3, 0.4) is 0 Å². The van der Waals surface area contributed by atoms with Gasteiger partial charge in [0.15, 0.2) is 0 Å². The largest absolute Gasteiger partial charge is 0.494 e. The molecule has 5 nitrogen and oxygen atoms in total. The van der Waals surface area contributed by atoms with Crippen molar-refractivity contribution in [2.45, 2.75) is 26.3 Å². The summed E-state index contributed by atoms with van der Waals surface area (Å²) in [7, 11) is 0. The molecule has 0 atom stereocenters. The first-order chi connectivity index (χ1) is 13.1. The highest BCUT2D eigenvalue weighted by Crippen LogP contribution is 2.19. The lowest BCUT2D eigenvalue weighted by atomic mass is 10.2. The van der Waals surface area contributed by atoms with Crippen LogP contribution in [0.15, 0.2) is 65.3 Å². The number of aromatic nitrogens is 2. The van der Waals surface area contributed by atoms with Crippen molar-refractivity contribution in [3.63, 3.8) is 0 Å². The van der Waals surface area contributed by atoms with Gasteiger partial charge in [-0.2, -0.15) is 5.10 Å². The monoisotopic (exact) mass is 427 g/mol. The predicted octanol–water partition coefficient (Wildman–Crippen LogP) is 4.80. The highest BCUT2D eigenvalue weighted by molar-refractivity contribution is 9.10. The molecular weight excluding hydrogens is 406 g/mol. The van der Waals surface area contributed by atoms with E-state index in [2.05, 4.69) is 26.3 Å². The van der Waals surface area contributed by atoms with Crippen LogP contribution in [-0.2, 0) is 11.3 Å². The number of hydrogen-bond donors (Lipinski definition) is 1. The van der Waals surface area contributed by atoms with Crippen molar-refractivity contribution in [2.24, 2.45) is 0 Å². The molecule has 0 radical (unpaired) electrons. The van der Waals surface area contributed by atoms with Gasteiger partial charge in [0.05, 0.1) is 19.3 Å². The standard InChI is InChI=1S/C21H22BrN3O2/c1-16-8-10-18(11-9-16)27-14-4-7-21(26)24-20-12-13-23-25(20)15-17-5-2-3-6-19(17)22/h2-3,5-6,8-13H,4,7,14-15H2,1H3,(H,24,26). The van der Waals surface area contributed by atoms with Gasteiger partial charge in [0.1, 0.15) is 11.6 Å². The summed E-state index contributed by atoms with van der Waals surface area (Å²) in [4.78, 5) is 12.2. The highest BCUT2D eigenvalue weighted by Gasteiger charge is 2.09. The second-order valence-corrected chi connectivity index (χ2v) is 7.13. The first-order valence-corrected chi connectivity index (χ1v) is 9.65. The summed E-state index contributed by atoms with van der Waals surface area (Å²) in [6.07, 6.45) is 2.73. The highest BCUT2D eigenvalue weighted by atomic mass is 79.9. The molecule has 27 heavy (non-hydrogen) atoms. The van der Waals surface area contributed by atoms with E-state index in [9.17, 15) is 4.79 Å². The molecule has 0 aliphatic heterocycles. The summed E-state index contributed by atoms with van der Waals surface area (Å²) in [6.45, 7) is 3.13. The van der Waals surface area contributed by atoms with E-state index in [1.165, 1.54) is 5.56 Å². The maximum Gasteiger partial charge on any atom is 0.225 e. The molecule has 0 fully saturated rings. The first kappa shape index (κ1) is 19.2. The number of nitrogens with one attached hydrogen (secondary N) is 1. The number of benzene rings is 2.